The van der Waals surface area contributed by atoms with Crippen LogP contribution >= 0.6 is 11.8 Å². The van der Waals surface area contributed by atoms with Crippen LogP contribution in [0.15, 0.2) is 35.1 Å². The van der Waals surface area contributed by atoms with Crippen LogP contribution in [0.25, 0.3) is 5.70 Å². The molecule has 1 heterocycles. The molecule has 2 atom stereocenters. The summed E-state index contributed by atoms with van der Waals surface area (Å²) < 4.78 is 0. The van der Waals surface area contributed by atoms with Gasteiger partial charge in [0.05, 0.1) is 0 Å². The fourth-order valence-corrected chi connectivity index (χ4v) is 2.67. The van der Waals surface area contributed by atoms with E-state index in [0.29, 0.717) is 6.04 Å². The van der Waals surface area contributed by atoms with Crippen molar-refractivity contribution < 1.29 is 0 Å². The second-order valence-electron chi connectivity index (χ2n) is 6.01. The van der Waals surface area contributed by atoms with Crippen LogP contribution in [0.3, 0.4) is 0 Å². The van der Waals surface area contributed by atoms with Gasteiger partial charge in [0.15, 0.2) is 5.96 Å². The van der Waals surface area contributed by atoms with Crippen molar-refractivity contribution in [2.45, 2.75) is 59.0 Å². The maximum atomic E-state index is 5.81. The number of hydrogen-bond donors (Lipinski definition) is 3. The third-order valence-corrected chi connectivity index (χ3v) is 4.28. The second kappa shape index (κ2) is 11.0. The van der Waals surface area contributed by atoms with Crippen molar-refractivity contribution in [3.63, 3.8) is 0 Å². The van der Waals surface area contributed by atoms with E-state index in [1.807, 2.05) is 18.3 Å². The molecular weight excluding hydrogens is 322 g/mol. The van der Waals surface area contributed by atoms with E-state index in [0.717, 1.165) is 36.5 Å². The third-order valence-electron chi connectivity index (χ3n) is 3.97. The van der Waals surface area contributed by atoms with E-state index in [4.69, 9.17) is 11.8 Å². The molecule has 0 unspecified atom stereocenters. The summed E-state index contributed by atoms with van der Waals surface area (Å²) in [6.07, 6.45) is 6.55. The van der Waals surface area contributed by atoms with Crippen molar-refractivity contribution in [3.8, 4) is 0 Å². The maximum Gasteiger partial charge on any atom is 0.195 e. The van der Waals surface area contributed by atoms with Crippen LogP contribution in [0, 0.1) is 0 Å². The fourth-order valence-electron chi connectivity index (χ4n) is 2.42. The van der Waals surface area contributed by atoms with Gasteiger partial charge in [-0.15, -0.1) is 0 Å². The largest absolute Gasteiger partial charge is 0.353 e. The van der Waals surface area contributed by atoms with Crippen LogP contribution in [0.5, 0.6) is 0 Å². The zero-order valence-electron chi connectivity index (χ0n) is 15.4. The highest BCUT2D eigenvalue weighted by atomic mass is 35.5. The van der Waals surface area contributed by atoms with Crippen LogP contribution in [0.2, 0.25) is 0 Å². The highest BCUT2D eigenvalue weighted by molar-refractivity contribution is 6.13. The van der Waals surface area contributed by atoms with Crippen LogP contribution < -0.4 is 15.5 Å². The summed E-state index contributed by atoms with van der Waals surface area (Å²) in [7, 11) is 1.78. The maximum absolute atomic E-state index is 5.81. The quantitative estimate of drug-likeness (QED) is 0.380. The minimum Gasteiger partial charge on any atom is -0.353 e. The lowest BCUT2D eigenvalue weighted by atomic mass is 10.0. The van der Waals surface area contributed by atoms with Crippen molar-refractivity contribution >= 4 is 23.4 Å². The standard InChI is InChI=1S/C18H30ClN5/c1-6-15(11-16(7-2)24-19)22-18(20-5)23-17(13(3)4)14-9-8-10-21-12-14/h8-10,12,15-16,24H,6-7,11H2,1-5H3,(H2,20,22,23)/t15-,16+/m1/s1. The fraction of sp³-hybridized carbons (Fsp3) is 0.556. The molecule has 0 aliphatic carbocycles. The zero-order valence-corrected chi connectivity index (χ0v) is 16.1. The van der Waals surface area contributed by atoms with Crippen LogP contribution in [-0.4, -0.2) is 30.1 Å². The molecule has 1 aromatic heterocycles. The summed E-state index contributed by atoms with van der Waals surface area (Å²) >= 11 is 5.81. The average Bonchev–Trinajstić information content (AvgIpc) is 2.61. The number of aromatic nitrogens is 1. The molecule has 0 bridgehead atoms. The number of rotatable bonds is 8. The van der Waals surface area contributed by atoms with Crippen molar-refractivity contribution in [2.75, 3.05) is 7.05 Å². The highest BCUT2D eigenvalue weighted by Gasteiger charge is 2.15. The van der Waals surface area contributed by atoms with E-state index >= 15 is 0 Å². The summed E-state index contributed by atoms with van der Waals surface area (Å²) in [5.41, 5.74) is 3.24. The van der Waals surface area contributed by atoms with Gasteiger partial charge in [0, 0.05) is 42.8 Å². The Hall–Kier alpha value is -1.59. The molecule has 6 heteroatoms. The lowest BCUT2D eigenvalue weighted by Crippen LogP contribution is -2.44. The van der Waals surface area contributed by atoms with Crippen molar-refractivity contribution in [3.05, 3.63) is 35.7 Å². The van der Waals surface area contributed by atoms with Gasteiger partial charge in [-0.05, 0) is 57.0 Å². The second-order valence-corrected chi connectivity index (χ2v) is 6.23. The smallest absolute Gasteiger partial charge is 0.195 e. The monoisotopic (exact) mass is 351 g/mol. The molecule has 0 radical (unpaired) electrons. The van der Waals surface area contributed by atoms with Gasteiger partial charge in [-0.2, -0.15) is 0 Å². The van der Waals surface area contributed by atoms with Gasteiger partial charge in [0.2, 0.25) is 0 Å². The predicted molar refractivity (Wildman–Crippen MR) is 104 cm³/mol. The van der Waals surface area contributed by atoms with Gasteiger partial charge in [-0.1, -0.05) is 19.4 Å². The first kappa shape index (κ1) is 20.5. The molecule has 0 aliphatic rings. The number of nitrogens with one attached hydrogen (secondary N) is 3. The van der Waals surface area contributed by atoms with Crippen molar-refractivity contribution in [2.24, 2.45) is 4.99 Å². The molecule has 0 amide bonds. The van der Waals surface area contributed by atoms with Crippen molar-refractivity contribution in [1.82, 2.24) is 20.5 Å². The first-order valence-corrected chi connectivity index (χ1v) is 8.87. The van der Waals surface area contributed by atoms with E-state index < -0.39 is 0 Å². The third kappa shape index (κ3) is 6.49. The minimum atomic E-state index is 0.281. The molecule has 0 saturated carbocycles. The molecule has 1 aromatic rings. The summed E-state index contributed by atoms with van der Waals surface area (Å²) in [6.45, 7) is 8.44. The lowest BCUT2D eigenvalue weighted by Gasteiger charge is -2.25. The van der Waals surface area contributed by atoms with Gasteiger partial charge < -0.3 is 10.6 Å². The zero-order chi connectivity index (χ0) is 17.9. The van der Waals surface area contributed by atoms with Gasteiger partial charge in [-0.3, -0.25) is 9.98 Å². The van der Waals surface area contributed by atoms with E-state index in [2.05, 4.69) is 53.1 Å². The normalized spacial score (nSPS) is 14.0. The van der Waals surface area contributed by atoms with Crippen LogP contribution in [0.1, 0.15) is 52.5 Å². The molecule has 1 rings (SSSR count). The summed E-state index contributed by atoms with van der Waals surface area (Å²) in [4.78, 5) is 11.4. The number of aliphatic imine (C=N–C) groups is 1. The molecular formula is C18H30ClN5. The number of pyridine rings is 1. The number of guanidine groups is 1. The van der Waals surface area contributed by atoms with Gasteiger partial charge in [-0.25, -0.2) is 4.84 Å². The van der Waals surface area contributed by atoms with Crippen LogP contribution in [-0.2, 0) is 0 Å². The van der Waals surface area contributed by atoms with Crippen molar-refractivity contribution in [1.29, 1.82) is 0 Å². The van der Waals surface area contributed by atoms with E-state index in [1.54, 1.807) is 13.2 Å². The molecule has 0 fully saturated rings. The Kier molecular flexibility index (Phi) is 9.42. The molecule has 0 aromatic carbocycles. The molecule has 5 nitrogen and oxygen atoms in total. The molecule has 0 spiro atoms. The first-order valence-electron chi connectivity index (χ1n) is 8.49. The van der Waals surface area contributed by atoms with E-state index in [9.17, 15) is 0 Å². The van der Waals surface area contributed by atoms with E-state index in [-0.39, 0.29) is 6.04 Å². The number of nitrogens with zero attached hydrogens (tertiary/aromatic N) is 2. The number of hydrogen-bond acceptors (Lipinski definition) is 3. The Bertz CT molecular complexity index is 534. The Morgan fingerprint density at radius 3 is 2.42 bits per heavy atom. The molecule has 0 aliphatic heterocycles. The SMILES string of the molecule is CC[C@@H](C[C@@H](CC)NC(=NC)NC(=C(C)C)c1cccnc1)NCl. The number of halogens is 1. The molecule has 24 heavy (non-hydrogen) atoms. The van der Waals surface area contributed by atoms with Gasteiger partial charge >= 0.3 is 0 Å². The Balaban J connectivity index is 2.83. The topological polar surface area (TPSA) is 61.3 Å². The highest BCUT2D eigenvalue weighted by Crippen LogP contribution is 2.14. The number of allylic oxidation sites excluding steroid dienone is 1. The Morgan fingerprint density at radius 2 is 1.96 bits per heavy atom. The first-order chi connectivity index (χ1) is 11.5. The van der Waals surface area contributed by atoms with Crippen LogP contribution in [0.4, 0.5) is 0 Å². The summed E-state index contributed by atoms with van der Waals surface area (Å²) in [5.74, 6) is 0.756. The Labute approximate surface area is 151 Å². The lowest BCUT2D eigenvalue weighted by molar-refractivity contribution is 0.449. The molecule has 3 N–H and O–H groups in total. The Morgan fingerprint density at radius 1 is 1.25 bits per heavy atom. The molecule has 0 saturated heterocycles. The van der Waals surface area contributed by atoms with E-state index in [1.165, 1.54) is 5.57 Å². The molecule has 134 valence electrons. The van der Waals surface area contributed by atoms with Gasteiger partial charge in [0.1, 0.15) is 0 Å². The predicted octanol–water partition coefficient (Wildman–Crippen LogP) is 3.69. The average molecular weight is 352 g/mol. The summed E-state index contributed by atoms with van der Waals surface area (Å²) in [5, 5.41) is 6.91. The minimum absolute atomic E-state index is 0.281. The van der Waals surface area contributed by atoms with Gasteiger partial charge in [0.25, 0.3) is 0 Å². The summed E-state index contributed by atoms with van der Waals surface area (Å²) in [6, 6.07) is 4.55.